The van der Waals surface area contributed by atoms with Gasteiger partial charge in [0.25, 0.3) is 0 Å². The van der Waals surface area contributed by atoms with Gasteiger partial charge in [0.05, 0.1) is 18.2 Å². The Kier molecular flexibility index (Phi) is 3.84. The molecular weight excluding hydrogens is 188 g/mol. The second kappa shape index (κ2) is 4.92. The van der Waals surface area contributed by atoms with Crippen LogP contribution in [0.3, 0.4) is 0 Å². The van der Waals surface area contributed by atoms with E-state index in [1.54, 1.807) is 6.07 Å². The predicted octanol–water partition coefficient (Wildman–Crippen LogP) is 2.38. The fourth-order valence-corrected chi connectivity index (χ4v) is 1.07. The van der Waals surface area contributed by atoms with Crippen molar-refractivity contribution in [3.8, 4) is 6.07 Å². The third-order valence-corrected chi connectivity index (χ3v) is 1.67. The summed E-state index contributed by atoms with van der Waals surface area (Å²) in [6.07, 6.45) is 0. The molecule has 0 aliphatic heterocycles. The SMILES string of the molecule is CC(C)(C)NOCc1cccc(C#N)c1. The molecule has 0 atom stereocenters. The normalized spacial score (nSPS) is 11.1. The Hall–Kier alpha value is -1.37. The van der Waals surface area contributed by atoms with Crippen LogP contribution in [0.25, 0.3) is 0 Å². The van der Waals surface area contributed by atoms with E-state index in [4.69, 9.17) is 10.1 Å². The Morgan fingerprint density at radius 1 is 1.40 bits per heavy atom. The molecule has 0 saturated heterocycles. The number of rotatable bonds is 3. The highest BCUT2D eigenvalue weighted by atomic mass is 16.6. The van der Waals surface area contributed by atoms with Gasteiger partial charge in [0, 0.05) is 5.54 Å². The van der Waals surface area contributed by atoms with Crippen molar-refractivity contribution < 1.29 is 4.84 Å². The Labute approximate surface area is 90.6 Å². The average Bonchev–Trinajstić information content (AvgIpc) is 2.16. The molecule has 1 rings (SSSR count). The molecule has 0 radical (unpaired) electrons. The lowest BCUT2D eigenvalue weighted by atomic mass is 10.1. The standard InChI is InChI=1S/C12H16N2O/c1-12(2,3)14-15-9-11-6-4-5-10(7-11)8-13/h4-7,14H,9H2,1-3H3. The van der Waals surface area contributed by atoms with E-state index in [0.29, 0.717) is 12.2 Å². The molecule has 80 valence electrons. The smallest absolute Gasteiger partial charge is 0.0991 e. The van der Waals surface area contributed by atoms with Crippen LogP contribution >= 0.6 is 0 Å². The molecular formula is C12H16N2O. The minimum atomic E-state index is -0.0627. The first-order valence-corrected chi connectivity index (χ1v) is 4.89. The van der Waals surface area contributed by atoms with Crippen LogP contribution in [0.2, 0.25) is 0 Å². The van der Waals surface area contributed by atoms with Crippen LogP contribution in [0.15, 0.2) is 24.3 Å². The highest BCUT2D eigenvalue weighted by Gasteiger charge is 2.08. The van der Waals surface area contributed by atoms with Crippen LogP contribution < -0.4 is 5.48 Å². The molecule has 3 heteroatoms. The molecule has 15 heavy (non-hydrogen) atoms. The third kappa shape index (κ3) is 4.59. The zero-order valence-electron chi connectivity index (χ0n) is 9.37. The number of nitriles is 1. The predicted molar refractivity (Wildman–Crippen MR) is 58.8 cm³/mol. The van der Waals surface area contributed by atoms with Crippen LogP contribution in [0.4, 0.5) is 0 Å². The number of hydroxylamine groups is 1. The van der Waals surface area contributed by atoms with Gasteiger partial charge in [-0.25, -0.2) is 0 Å². The summed E-state index contributed by atoms with van der Waals surface area (Å²) in [5, 5.41) is 8.71. The van der Waals surface area contributed by atoms with Crippen LogP contribution in [-0.4, -0.2) is 5.54 Å². The Morgan fingerprint density at radius 3 is 2.73 bits per heavy atom. The van der Waals surface area contributed by atoms with E-state index in [1.165, 1.54) is 0 Å². The van der Waals surface area contributed by atoms with E-state index < -0.39 is 0 Å². The fraction of sp³-hybridized carbons (Fsp3) is 0.417. The maximum absolute atomic E-state index is 8.71. The van der Waals surface area contributed by atoms with Crippen LogP contribution in [-0.2, 0) is 11.4 Å². The summed E-state index contributed by atoms with van der Waals surface area (Å²) in [4.78, 5) is 5.32. The monoisotopic (exact) mass is 204 g/mol. The second-order valence-corrected chi connectivity index (χ2v) is 4.45. The van der Waals surface area contributed by atoms with Crippen molar-refractivity contribution in [3.05, 3.63) is 35.4 Å². The molecule has 0 aromatic heterocycles. The molecule has 1 N–H and O–H groups in total. The lowest BCUT2D eigenvalue weighted by Gasteiger charge is -2.19. The van der Waals surface area contributed by atoms with Gasteiger partial charge >= 0.3 is 0 Å². The van der Waals surface area contributed by atoms with Gasteiger partial charge in [-0.3, -0.25) is 4.84 Å². The van der Waals surface area contributed by atoms with Crippen molar-refractivity contribution in [1.29, 1.82) is 5.26 Å². The van der Waals surface area contributed by atoms with Gasteiger partial charge in [0.1, 0.15) is 0 Å². The zero-order valence-corrected chi connectivity index (χ0v) is 9.37. The summed E-state index contributed by atoms with van der Waals surface area (Å²) in [5.74, 6) is 0. The minimum Gasteiger partial charge on any atom is -0.297 e. The van der Waals surface area contributed by atoms with E-state index in [2.05, 4.69) is 11.5 Å². The molecule has 0 aliphatic rings. The molecule has 0 heterocycles. The van der Waals surface area contributed by atoms with E-state index in [9.17, 15) is 0 Å². The van der Waals surface area contributed by atoms with E-state index in [-0.39, 0.29) is 5.54 Å². The molecule has 0 amide bonds. The largest absolute Gasteiger partial charge is 0.297 e. The van der Waals surface area contributed by atoms with E-state index >= 15 is 0 Å². The minimum absolute atomic E-state index is 0.0627. The first-order valence-electron chi connectivity index (χ1n) is 4.89. The summed E-state index contributed by atoms with van der Waals surface area (Å²) in [7, 11) is 0. The van der Waals surface area contributed by atoms with Crippen molar-refractivity contribution in [3.63, 3.8) is 0 Å². The lowest BCUT2D eigenvalue weighted by Crippen LogP contribution is -2.35. The summed E-state index contributed by atoms with van der Waals surface area (Å²) in [6.45, 7) is 6.54. The second-order valence-electron chi connectivity index (χ2n) is 4.45. The molecule has 0 unspecified atom stereocenters. The molecule has 0 saturated carbocycles. The van der Waals surface area contributed by atoms with Crippen LogP contribution in [0.5, 0.6) is 0 Å². The van der Waals surface area contributed by atoms with Gasteiger partial charge in [-0.15, -0.1) is 0 Å². The molecule has 0 spiro atoms. The number of nitrogens with zero attached hydrogens (tertiary/aromatic N) is 1. The Balaban J connectivity index is 2.48. The fourth-order valence-electron chi connectivity index (χ4n) is 1.07. The first-order chi connectivity index (χ1) is 7.01. The van der Waals surface area contributed by atoms with E-state index in [0.717, 1.165) is 5.56 Å². The molecule has 1 aromatic carbocycles. The van der Waals surface area contributed by atoms with Crippen LogP contribution in [0.1, 0.15) is 31.9 Å². The zero-order chi connectivity index (χ0) is 11.3. The number of hydrogen-bond acceptors (Lipinski definition) is 3. The van der Waals surface area contributed by atoms with Crippen molar-refractivity contribution in [1.82, 2.24) is 5.48 Å². The molecule has 0 fully saturated rings. The summed E-state index contributed by atoms with van der Waals surface area (Å²) in [6, 6.07) is 9.49. The van der Waals surface area contributed by atoms with Gasteiger partial charge in [-0.05, 0) is 38.5 Å². The topological polar surface area (TPSA) is 45.0 Å². The Morgan fingerprint density at radius 2 is 2.13 bits per heavy atom. The summed E-state index contributed by atoms with van der Waals surface area (Å²) in [5.41, 5.74) is 4.51. The van der Waals surface area contributed by atoms with Crippen molar-refractivity contribution in [2.45, 2.75) is 32.9 Å². The van der Waals surface area contributed by atoms with Gasteiger partial charge in [0.2, 0.25) is 0 Å². The van der Waals surface area contributed by atoms with Gasteiger partial charge in [-0.2, -0.15) is 10.7 Å². The van der Waals surface area contributed by atoms with Crippen molar-refractivity contribution in [2.24, 2.45) is 0 Å². The van der Waals surface area contributed by atoms with Crippen molar-refractivity contribution >= 4 is 0 Å². The van der Waals surface area contributed by atoms with Crippen LogP contribution in [0, 0.1) is 11.3 Å². The molecule has 1 aromatic rings. The quantitative estimate of drug-likeness (QED) is 0.769. The highest BCUT2D eigenvalue weighted by Crippen LogP contribution is 2.06. The first kappa shape index (κ1) is 11.7. The molecule has 0 aliphatic carbocycles. The average molecular weight is 204 g/mol. The summed E-state index contributed by atoms with van der Waals surface area (Å²) >= 11 is 0. The third-order valence-electron chi connectivity index (χ3n) is 1.67. The highest BCUT2D eigenvalue weighted by molar-refractivity contribution is 5.32. The summed E-state index contributed by atoms with van der Waals surface area (Å²) < 4.78 is 0. The number of benzene rings is 1. The maximum Gasteiger partial charge on any atom is 0.0991 e. The van der Waals surface area contributed by atoms with E-state index in [1.807, 2.05) is 39.0 Å². The van der Waals surface area contributed by atoms with Gasteiger partial charge in [-0.1, -0.05) is 12.1 Å². The van der Waals surface area contributed by atoms with Gasteiger partial charge in [0.15, 0.2) is 0 Å². The van der Waals surface area contributed by atoms with Gasteiger partial charge < -0.3 is 0 Å². The van der Waals surface area contributed by atoms with Crippen molar-refractivity contribution in [2.75, 3.05) is 0 Å². The molecule has 3 nitrogen and oxygen atoms in total. The number of hydrogen-bond donors (Lipinski definition) is 1. The lowest BCUT2D eigenvalue weighted by molar-refractivity contribution is -0.0174. The maximum atomic E-state index is 8.71. The Bertz CT molecular complexity index is 361. The number of nitrogens with one attached hydrogen (secondary N) is 1. The molecule has 0 bridgehead atoms.